The number of ether oxygens (including phenoxy) is 1. The maximum Gasteiger partial charge on any atom is 0.0831 e. The molecule has 0 spiro atoms. The summed E-state index contributed by atoms with van der Waals surface area (Å²) in [6.07, 6.45) is 5.97. The Morgan fingerprint density at radius 2 is 1.19 bits per heavy atom. The lowest BCUT2D eigenvalue weighted by Gasteiger charge is -2.37. The van der Waals surface area contributed by atoms with E-state index in [-0.39, 0.29) is 0 Å². The number of hydrogen-bond donors (Lipinski definition) is 0. The lowest BCUT2D eigenvalue weighted by Crippen LogP contribution is -2.46. The SMILES string of the molecule is COC=Cc1c(SC)cccc1N1CCN(Cc2ccccc2)CC1.c1ccc(CN2CCN(c3cccc4sccc34)CC2)cc1. The van der Waals surface area contributed by atoms with Gasteiger partial charge in [0.2, 0.25) is 0 Å². The number of hydrogen-bond acceptors (Lipinski definition) is 7. The first-order chi connectivity index (χ1) is 23.2. The predicted octanol–water partition coefficient (Wildman–Crippen LogP) is 8.57. The minimum absolute atomic E-state index is 1.04. The van der Waals surface area contributed by atoms with Crippen LogP contribution in [-0.2, 0) is 17.8 Å². The number of fused-ring (bicyclic) bond motifs is 1. The van der Waals surface area contributed by atoms with Gasteiger partial charge in [0.25, 0.3) is 0 Å². The number of nitrogens with zero attached hydrogens (tertiary/aromatic N) is 4. The van der Waals surface area contributed by atoms with E-state index in [4.69, 9.17) is 4.74 Å². The fourth-order valence-corrected chi connectivity index (χ4v) is 7.94. The average molecular weight is 663 g/mol. The molecule has 0 N–H and O–H groups in total. The quantitative estimate of drug-likeness (QED) is 0.116. The predicted molar refractivity (Wildman–Crippen MR) is 204 cm³/mol. The van der Waals surface area contributed by atoms with Crippen LogP contribution in [0.25, 0.3) is 16.2 Å². The molecule has 0 bridgehead atoms. The Bertz CT molecular complexity index is 1690. The second kappa shape index (κ2) is 16.9. The fraction of sp³-hybridized carbons (Fsp3) is 0.300. The van der Waals surface area contributed by atoms with Crippen LogP contribution in [0.3, 0.4) is 0 Å². The number of thioether (sulfide) groups is 1. The fourth-order valence-electron chi connectivity index (χ4n) is 6.52. The summed E-state index contributed by atoms with van der Waals surface area (Å²) in [5.74, 6) is 0. The van der Waals surface area contributed by atoms with Crippen molar-refractivity contribution in [2.24, 2.45) is 0 Å². The Kier molecular flexibility index (Phi) is 11.9. The second-order valence-electron chi connectivity index (χ2n) is 12.0. The van der Waals surface area contributed by atoms with E-state index >= 15 is 0 Å². The number of thiophene rings is 1. The molecule has 2 aliphatic heterocycles. The third-order valence-corrected chi connectivity index (χ3v) is 10.7. The summed E-state index contributed by atoms with van der Waals surface area (Å²) in [5, 5.41) is 3.60. The average Bonchev–Trinajstić information content (AvgIpc) is 3.62. The van der Waals surface area contributed by atoms with Gasteiger partial charge in [0.05, 0.1) is 13.4 Å². The molecule has 47 heavy (non-hydrogen) atoms. The van der Waals surface area contributed by atoms with E-state index in [0.717, 1.165) is 65.4 Å². The van der Waals surface area contributed by atoms with Gasteiger partial charge in [0, 0.05) is 97.4 Å². The Hall–Kier alpha value is -3.75. The maximum atomic E-state index is 5.15. The molecule has 0 saturated carbocycles. The van der Waals surface area contributed by atoms with Crippen molar-refractivity contribution < 1.29 is 4.74 Å². The van der Waals surface area contributed by atoms with E-state index in [2.05, 4.69) is 140 Å². The third kappa shape index (κ3) is 8.79. The molecule has 3 heterocycles. The molecule has 0 amide bonds. The van der Waals surface area contributed by atoms with E-state index < -0.39 is 0 Å². The highest BCUT2D eigenvalue weighted by Crippen LogP contribution is 2.33. The summed E-state index contributed by atoms with van der Waals surface area (Å²) in [4.78, 5) is 11.4. The van der Waals surface area contributed by atoms with Crippen LogP contribution in [0.4, 0.5) is 11.4 Å². The van der Waals surface area contributed by atoms with Gasteiger partial charge in [-0.1, -0.05) is 72.8 Å². The molecule has 1 aromatic heterocycles. The Morgan fingerprint density at radius 3 is 1.77 bits per heavy atom. The summed E-state index contributed by atoms with van der Waals surface area (Å²) in [6.45, 7) is 10.9. The number of anilines is 2. The number of rotatable bonds is 9. The molecule has 0 aliphatic carbocycles. The van der Waals surface area contributed by atoms with Crippen LogP contribution in [0.5, 0.6) is 0 Å². The van der Waals surface area contributed by atoms with Crippen LogP contribution in [0.2, 0.25) is 0 Å². The summed E-state index contributed by atoms with van der Waals surface area (Å²) >= 11 is 3.61. The lowest BCUT2D eigenvalue weighted by molar-refractivity contribution is 0.250. The van der Waals surface area contributed by atoms with Crippen molar-refractivity contribution in [3.63, 3.8) is 0 Å². The highest BCUT2D eigenvalue weighted by molar-refractivity contribution is 7.98. The first-order valence-electron chi connectivity index (χ1n) is 16.6. The molecule has 0 unspecified atom stereocenters. The van der Waals surface area contributed by atoms with Crippen LogP contribution in [0.1, 0.15) is 16.7 Å². The van der Waals surface area contributed by atoms with Gasteiger partial charge in [-0.15, -0.1) is 23.1 Å². The van der Waals surface area contributed by atoms with Gasteiger partial charge in [0.1, 0.15) is 0 Å². The van der Waals surface area contributed by atoms with Gasteiger partial charge in [-0.2, -0.15) is 0 Å². The van der Waals surface area contributed by atoms with Crippen molar-refractivity contribution in [3.8, 4) is 0 Å². The van der Waals surface area contributed by atoms with Gasteiger partial charge in [0.15, 0.2) is 0 Å². The zero-order valence-corrected chi connectivity index (χ0v) is 29.3. The van der Waals surface area contributed by atoms with Crippen LogP contribution < -0.4 is 9.80 Å². The number of piperazine rings is 2. The largest absolute Gasteiger partial charge is 0.504 e. The highest BCUT2D eigenvalue weighted by atomic mass is 32.2. The van der Waals surface area contributed by atoms with Crippen molar-refractivity contribution in [1.82, 2.24) is 9.80 Å². The maximum absolute atomic E-state index is 5.15. The van der Waals surface area contributed by atoms with E-state index in [0.29, 0.717) is 0 Å². The second-order valence-corrected chi connectivity index (χ2v) is 13.8. The topological polar surface area (TPSA) is 22.2 Å². The molecular weight excluding hydrogens is 617 g/mol. The minimum atomic E-state index is 1.04. The van der Waals surface area contributed by atoms with E-state index in [1.807, 2.05) is 11.3 Å². The van der Waals surface area contributed by atoms with Crippen LogP contribution in [-0.4, -0.2) is 75.5 Å². The molecule has 5 nitrogen and oxygen atoms in total. The summed E-state index contributed by atoms with van der Waals surface area (Å²) in [5.41, 5.74) is 6.77. The molecule has 7 heteroatoms. The first kappa shape index (κ1) is 33.2. The Balaban J connectivity index is 0.000000165. The molecule has 7 rings (SSSR count). The van der Waals surface area contributed by atoms with Crippen molar-refractivity contribution in [1.29, 1.82) is 0 Å². The smallest absolute Gasteiger partial charge is 0.0831 e. The van der Waals surface area contributed by atoms with Gasteiger partial charge < -0.3 is 14.5 Å². The van der Waals surface area contributed by atoms with E-state index in [1.165, 1.54) is 43.0 Å². The lowest BCUT2D eigenvalue weighted by atomic mass is 10.1. The van der Waals surface area contributed by atoms with Gasteiger partial charge >= 0.3 is 0 Å². The summed E-state index contributed by atoms with van der Waals surface area (Å²) in [6, 6.07) is 37.0. The van der Waals surface area contributed by atoms with Crippen molar-refractivity contribution in [3.05, 3.63) is 131 Å². The molecule has 0 atom stereocenters. The van der Waals surface area contributed by atoms with Crippen LogP contribution in [0.15, 0.2) is 120 Å². The minimum Gasteiger partial charge on any atom is -0.504 e. The normalized spacial score (nSPS) is 16.0. The Morgan fingerprint density at radius 1 is 0.638 bits per heavy atom. The van der Waals surface area contributed by atoms with Crippen molar-refractivity contribution in [2.45, 2.75) is 18.0 Å². The molecule has 2 aliphatic rings. The Labute approximate surface area is 289 Å². The number of benzene rings is 4. The third-order valence-electron chi connectivity index (χ3n) is 9.03. The van der Waals surface area contributed by atoms with Crippen molar-refractivity contribution >= 4 is 50.6 Å². The zero-order valence-electron chi connectivity index (χ0n) is 27.6. The molecular formula is C40H46N4OS2. The zero-order chi connectivity index (χ0) is 32.3. The highest BCUT2D eigenvalue weighted by Gasteiger charge is 2.21. The molecule has 0 radical (unpaired) electrons. The molecule has 4 aromatic carbocycles. The molecule has 5 aromatic rings. The number of methoxy groups -OCH3 is 1. The summed E-state index contributed by atoms with van der Waals surface area (Å²) < 4.78 is 6.55. The van der Waals surface area contributed by atoms with Crippen LogP contribution in [0, 0.1) is 0 Å². The molecule has 2 fully saturated rings. The van der Waals surface area contributed by atoms with Crippen molar-refractivity contribution in [2.75, 3.05) is 75.5 Å². The standard InChI is InChI=1S/C21H26N2OS.C19H20N2S/c1-24-16-11-19-20(9-6-10-21(19)25-2)23-14-12-22(13-15-23)17-18-7-4-3-5-8-18;1-2-5-16(6-3-1)15-20-10-12-21(13-11-20)18-7-4-8-19-17(18)9-14-22-19/h3-11,16H,12-15,17H2,1-2H3;1-9,14H,10-13,15H2. The first-order valence-corrected chi connectivity index (χ1v) is 18.7. The summed E-state index contributed by atoms with van der Waals surface area (Å²) in [7, 11) is 1.69. The monoisotopic (exact) mass is 662 g/mol. The van der Waals surface area contributed by atoms with Gasteiger partial charge in [-0.05, 0) is 59.2 Å². The van der Waals surface area contributed by atoms with Gasteiger partial charge in [-0.25, -0.2) is 0 Å². The van der Waals surface area contributed by atoms with Gasteiger partial charge in [-0.3, -0.25) is 9.80 Å². The van der Waals surface area contributed by atoms with E-state index in [9.17, 15) is 0 Å². The molecule has 2 saturated heterocycles. The van der Waals surface area contributed by atoms with Crippen LogP contribution >= 0.6 is 23.1 Å². The van der Waals surface area contributed by atoms with E-state index in [1.54, 1.807) is 25.1 Å². The molecule has 244 valence electrons.